The van der Waals surface area contributed by atoms with Gasteiger partial charge in [-0.1, -0.05) is 0 Å². The Morgan fingerprint density at radius 2 is 1.85 bits per heavy atom. The van der Waals surface area contributed by atoms with Gasteiger partial charge in [0.1, 0.15) is 0 Å². The number of nitrogens with zero attached hydrogens (tertiary/aromatic N) is 3. The van der Waals surface area contributed by atoms with Crippen LogP contribution in [0.25, 0.3) is 0 Å². The number of aryl methyl sites for hydroxylation is 2. The van der Waals surface area contributed by atoms with Crippen molar-refractivity contribution in [3.63, 3.8) is 0 Å². The van der Waals surface area contributed by atoms with Gasteiger partial charge in [0.2, 0.25) is 10.0 Å². The van der Waals surface area contributed by atoms with Crippen molar-refractivity contribution in [2.24, 2.45) is 0 Å². The van der Waals surface area contributed by atoms with Crippen LogP contribution >= 0.6 is 11.3 Å². The summed E-state index contributed by atoms with van der Waals surface area (Å²) < 4.78 is 24.7. The quantitative estimate of drug-likeness (QED) is 0.772. The summed E-state index contributed by atoms with van der Waals surface area (Å²) in [6, 6.07) is 0.210. The second-order valence-corrected chi connectivity index (χ2v) is 8.99. The van der Waals surface area contributed by atoms with Crippen LogP contribution in [0.5, 0.6) is 0 Å². The van der Waals surface area contributed by atoms with Crippen molar-refractivity contribution in [1.82, 2.24) is 14.2 Å². The van der Waals surface area contributed by atoms with Gasteiger partial charge >= 0.3 is 0 Å². The molecule has 1 heterocycles. The number of hydrogen-bond acceptors (Lipinski definition) is 5. The molecule has 1 rings (SSSR count). The third-order valence-electron chi connectivity index (χ3n) is 3.47. The van der Waals surface area contributed by atoms with E-state index < -0.39 is 10.0 Å². The van der Waals surface area contributed by atoms with Crippen LogP contribution in [0.15, 0.2) is 0 Å². The lowest BCUT2D eigenvalue weighted by molar-refractivity contribution is 0.257. The van der Waals surface area contributed by atoms with Crippen molar-refractivity contribution in [3.8, 4) is 0 Å². The van der Waals surface area contributed by atoms with Crippen LogP contribution in [0.4, 0.5) is 0 Å². The molecule has 1 atom stereocenters. The van der Waals surface area contributed by atoms with Gasteiger partial charge in [0.15, 0.2) is 0 Å². The fraction of sp³-hybridized carbons (Fsp3) is 0.769. The van der Waals surface area contributed by atoms with Gasteiger partial charge < -0.3 is 0 Å². The van der Waals surface area contributed by atoms with E-state index in [4.69, 9.17) is 0 Å². The minimum absolute atomic E-state index is 0.187. The summed E-state index contributed by atoms with van der Waals surface area (Å²) in [7, 11) is 2.06. The smallest absolute Gasteiger partial charge is 0.213 e. The lowest BCUT2D eigenvalue weighted by atomic mass is 10.2. The summed E-state index contributed by atoms with van der Waals surface area (Å²) in [5.41, 5.74) is 1.10. The molecule has 1 aromatic rings. The van der Waals surface area contributed by atoms with Crippen LogP contribution in [0.3, 0.4) is 0 Å². The first-order valence-corrected chi connectivity index (χ1v) is 9.12. The molecule has 0 spiro atoms. The molecule has 0 radical (unpaired) electrons. The molecule has 20 heavy (non-hydrogen) atoms. The van der Waals surface area contributed by atoms with Crippen molar-refractivity contribution in [1.29, 1.82) is 0 Å². The van der Waals surface area contributed by atoms with Gasteiger partial charge in [-0.05, 0) is 40.8 Å². The number of aromatic nitrogens is 1. The summed E-state index contributed by atoms with van der Waals surface area (Å²) in [6.07, 6.45) is 0.628. The molecule has 5 nitrogen and oxygen atoms in total. The van der Waals surface area contributed by atoms with Crippen LogP contribution in [0.1, 0.15) is 35.0 Å². The van der Waals surface area contributed by atoms with E-state index >= 15 is 0 Å². The Morgan fingerprint density at radius 3 is 2.30 bits per heavy atom. The lowest BCUT2D eigenvalue weighted by Crippen LogP contribution is -2.29. The number of sulfonamides is 1. The minimum atomic E-state index is -3.10. The average molecular weight is 319 g/mol. The molecule has 116 valence electrons. The van der Waals surface area contributed by atoms with Crippen molar-refractivity contribution < 1.29 is 8.42 Å². The number of thiazole rings is 1. The van der Waals surface area contributed by atoms with Gasteiger partial charge in [0.25, 0.3) is 0 Å². The molecule has 0 saturated heterocycles. The molecular formula is C13H25N3O2S2. The standard InChI is InChI=1S/C13H25N3O2S2/c1-10(13-11(2)19-12(3)14-13)16(6)8-7-9-20(17,18)15(4)5/h10H,7-9H2,1-6H3. The Labute approximate surface area is 126 Å². The normalized spacial score (nSPS) is 14.2. The van der Waals surface area contributed by atoms with Crippen LogP contribution in [-0.2, 0) is 10.0 Å². The van der Waals surface area contributed by atoms with Gasteiger partial charge in [-0.15, -0.1) is 11.3 Å². The molecule has 0 aromatic carbocycles. The second kappa shape index (κ2) is 6.98. The Hall–Kier alpha value is -0.500. The lowest BCUT2D eigenvalue weighted by Gasteiger charge is -2.24. The fourth-order valence-electron chi connectivity index (χ4n) is 2.01. The number of hydrogen-bond donors (Lipinski definition) is 0. The van der Waals surface area contributed by atoms with Crippen LogP contribution in [-0.4, -0.2) is 56.0 Å². The molecule has 0 fully saturated rings. The van der Waals surface area contributed by atoms with Gasteiger partial charge in [-0.25, -0.2) is 17.7 Å². The summed E-state index contributed by atoms with van der Waals surface area (Å²) in [6.45, 7) is 6.95. The van der Waals surface area contributed by atoms with E-state index in [-0.39, 0.29) is 11.8 Å². The maximum atomic E-state index is 11.7. The molecule has 7 heteroatoms. The topological polar surface area (TPSA) is 53.5 Å². The summed E-state index contributed by atoms with van der Waals surface area (Å²) in [4.78, 5) is 7.96. The van der Waals surface area contributed by atoms with Crippen molar-refractivity contribution >= 4 is 21.4 Å². The molecule has 0 aliphatic carbocycles. The zero-order valence-electron chi connectivity index (χ0n) is 13.2. The Balaban J connectivity index is 2.55. The summed E-state index contributed by atoms with van der Waals surface area (Å²) >= 11 is 1.71. The summed E-state index contributed by atoms with van der Waals surface area (Å²) in [5, 5.41) is 1.08. The first-order valence-electron chi connectivity index (χ1n) is 6.69. The fourth-order valence-corrected chi connectivity index (χ4v) is 3.78. The van der Waals surface area contributed by atoms with E-state index in [9.17, 15) is 8.42 Å². The molecule has 0 N–H and O–H groups in total. The molecule has 0 saturated carbocycles. The van der Waals surface area contributed by atoms with Gasteiger partial charge in [0.05, 0.1) is 22.5 Å². The van der Waals surface area contributed by atoms with Gasteiger partial charge in [0, 0.05) is 19.0 Å². The zero-order valence-corrected chi connectivity index (χ0v) is 14.8. The highest BCUT2D eigenvalue weighted by Gasteiger charge is 2.19. The van der Waals surface area contributed by atoms with Crippen molar-refractivity contribution in [2.75, 3.05) is 33.4 Å². The first kappa shape index (κ1) is 17.6. The highest BCUT2D eigenvalue weighted by atomic mass is 32.2. The Bertz CT molecular complexity index is 538. The SMILES string of the molecule is Cc1nc(C(C)N(C)CCCS(=O)(=O)N(C)C)c(C)s1. The van der Waals surface area contributed by atoms with E-state index in [1.54, 1.807) is 25.4 Å². The Kier molecular flexibility index (Phi) is 6.12. The van der Waals surface area contributed by atoms with E-state index in [2.05, 4.69) is 23.7 Å². The van der Waals surface area contributed by atoms with Crippen molar-refractivity contribution in [3.05, 3.63) is 15.6 Å². The monoisotopic (exact) mass is 319 g/mol. The average Bonchev–Trinajstić information content (AvgIpc) is 2.66. The molecule has 0 aliphatic rings. The van der Waals surface area contributed by atoms with Crippen LogP contribution in [0, 0.1) is 13.8 Å². The molecule has 1 unspecified atom stereocenters. The van der Waals surface area contributed by atoms with Gasteiger partial charge in [-0.2, -0.15) is 0 Å². The first-order chi connectivity index (χ1) is 9.15. The maximum Gasteiger partial charge on any atom is 0.213 e. The largest absolute Gasteiger partial charge is 0.298 e. The summed E-state index contributed by atoms with van der Waals surface area (Å²) in [5.74, 6) is 0.187. The minimum Gasteiger partial charge on any atom is -0.298 e. The zero-order chi connectivity index (χ0) is 15.5. The highest BCUT2D eigenvalue weighted by Crippen LogP contribution is 2.25. The molecular weight excluding hydrogens is 294 g/mol. The predicted octanol–water partition coefficient (Wildman–Crippen LogP) is 2.03. The van der Waals surface area contributed by atoms with Crippen molar-refractivity contribution in [2.45, 2.75) is 33.2 Å². The van der Waals surface area contributed by atoms with E-state index in [0.29, 0.717) is 6.42 Å². The number of rotatable bonds is 7. The van der Waals surface area contributed by atoms with Gasteiger partial charge in [-0.3, -0.25) is 4.90 Å². The maximum absolute atomic E-state index is 11.7. The molecule has 1 aromatic heterocycles. The van der Waals surface area contributed by atoms with Crippen LogP contribution < -0.4 is 0 Å². The second-order valence-electron chi connectivity index (χ2n) is 5.28. The van der Waals surface area contributed by atoms with Crippen LogP contribution in [0.2, 0.25) is 0 Å². The molecule has 0 amide bonds. The highest BCUT2D eigenvalue weighted by molar-refractivity contribution is 7.89. The molecule has 0 aliphatic heterocycles. The predicted molar refractivity (Wildman–Crippen MR) is 84.7 cm³/mol. The third-order valence-corrected chi connectivity index (χ3v) is 6.29. The van der Waals surface area contributed by atoms with E-state index in [0.717, 1.165) is 17.2 Å². The third kappa shape index (κ3) is 4.51. The molecule has 0 bridgehead atoms. The van der Waals surface area contributed by atoms with E-state index in [1.807, 2.05) is 14.0 Å². The Morgan fingerprint density at radius 1 is 1.25 bits per heavy atom. The van der Waals surface area contributed by atoms with E-state index in [1.165, 1.54) is 9.18 Å².